The van der Waals surface area contributed by atoms with Crippen molar-refractivity contribution >= 4 is 52.4 Å². The summed E-state index contributed by atoms with van der Waals surface area (Å²) in [5, 5.41) is 5.38. The summed E-state index contributed by atoms with van der Waals surface area (Å²) in [6.07, 6.45) is 0.624. The molecule has 2 N–H and O–H groups in total. The van der Waals surface area contributed by atoms with Gasteiger partial charge >= 0.3 is 5.97 Å². The molecule has 0 atom stereocenters. The molecule has 0 saturated carbocycles. The Balaban J connectivity index is 1.56. The number of anilines is 3. The first-order valence-corrected chi connectivity index (χ1v) is 12.0. The lowest BCUT2D eigenvalue weighted by Crippen LogP contribution is -2.33. The largest absolute Gasteiger partial charge is 0.462 e. The van der Waals surface area contributed by atoms with Crippen molar-refractivity contribution in [1.82, 2.24) is 0 Å². The molecule has 3 amide bonds. The Morgan fingerprint density at radius 3 is 2.43 bits per heavy atom. The number of aryl methyl sites for hydroxylation is 1. The van der Waals surface area contributed by atoms with Gasteiger partial charge < -0.3 is 15.4 Å². The SMILES string of the molecule is CCCOC(=O)c1ccccc1N1C(=O)C(Cl)=C(Nc2cccc(C(=O)Nc3ccccc3C)c2)C1=O. The highest BCUT2D eigenvalue weighted by Crippen LogP contribution is 2.32. The van der Waals surface area contributed by atoms with E-state index in [2.05, 4.69) is 10.6 Å². The first-order chi connectivity index (χ1) is 17.8. The lowest BCUT2D eigenvalue weighted by Gasteiger charge is -2.18. The average molecular weight is 518 g/mol. The number of carbonyl (C=O) groups is 4. The van der Waals surface area contributed by atoms with E-state index in [-0.39, 0.29) is 34.5 Å². The van der Waals surface area contributed by atoms with Gasteiger partial charge in [-0.05, 0) is 55.3 Å². The molecule has 0 fully saturated rings. The third-order valence-electron chi connectivity index (χ3n) is 5.62. The normalized spacial score (nSPS) is 13.1. The van der Waals surface area contributed by atoms with Crippen molar-refractivity contribution in [3.05, 3.63) is 100 Å². The van der Waals surface area contributed by atoms with Gasteiger partial charge in [0.2, 0.25) is 0 Å². The summed E-state index contributed by atoms with van der Waals surface area (Å²) in [6.45, 7) is 3.95. The summed E-state index contributed by atoms with van der Waals surface area (Å²) in [5.74, 6) is -2.50. The van der Waals surface area contributed by atoms with Crippen LogP contribution in [0, 0.1) is 6.92 Å². The van der Waals surface area contributed by atoms with Gasteiger partial charge in [-0.25, -0.2) is 9.69 Å². The van der Waals surface area contributed by atoms with Crippen molar-refractivity contribution in [2.45, 2.75) is 20.3 Å². The summed E-state index contributed by atoms with van der Waals surface area (Å²) < 4.78 is 5.19. The van der Waals surface area contributed by atoms with Crippen molar-refractivity contribution < 1.29 is 23.9 Å². The van der Waals surface area contributed by atoms with Gasteiger partial charge in [-0.2, -0.15) is 0 Å². The first kappa shape index (κ1) is 25.7. The van der Waals surface area contributed by atoms with E-state index < -0.39 is 17.8 Å². The molecule has 0 radical (unpaired) electrons. The molecule has 3 aromatic carbocycles. The van der Waals surface area contributed by atoms with E-state index >= 15 is 0 Å². The van der Waals surface area contributed by atoms with Crippen LogP contribution in [0.25, 0.3) is 0 Å². The minimum atomic E-state index is -0.779. The van der Waals surface area contributed by atoms with E-state index in [1.807, 2.05) is 32.0 Å². The van der Waals surface area contributed by atoms with Crippen LogP contribution in [-0.2, 0) is 14.3 Å². The van der Waals surface area contributed by atoms with E-state index in [1.54, 1.807) is 42.5 Å². The van der Waals surface area contributed by atoms with Crippen LogP contribution in [0.15, 0.2) is 83.5 Å². The molecule has 0 aromatic heterocycles. The van der Waals surface area contributed by atoms with E-state index in [0.29, 0.717) is 23.4 Å². The molecular weight excluding hydrogens is 494 g/mol. The summed E-state index contributed by atoms with van der Waals surface area (Å²) in [7, 11) is 0. The van der Waals surface area contributed by atoms with E-state index in [4.69, 9.17) is 16.3 Å². The van der Waals surface area contributed by atoms with Crippen LogP contribution in [-0.4, -0.2) is 30.3 Å². The molecular formula is C28H24ClN3O5. The smallest absolute Gasteiger partial charge is 0.340 e. The van der Waals surface area contributed by atoms with Crippen LogP contribution in [0.5, 0.6) is 0 Å². The number of nitrogens with one attached hydrogen (secondary N) is 2. The molecule has 3 aromatic rings. The molecule has 9 heteroatoms. The molecule has 0 spiro atoms. The van der Waals surface area contributed by atoms with Crippen molar-refractivity contribution in [3.8, 4) is 0 Å². The molecule has 37 heavy (non-hydrogen) atoms. The maximum Gasteiger partial charge on any atom is 0.340 e. The Morgan fingerprint density at radius 2 is 1.68 bits per heavy atom. The predicted molar refractivity (Wildman–Crippen MR) is 142 cm³/mol. The minimum Gasteiger partial charge on any atom is -0.462 e. The van der Waals surface area contributed by atoms with Crippen LogP contribution < -0.4 is 15.5 Å². The van der Waals surface area contributed by atoms with Crippen molar-refractivity contribution in [2.75, 3.05) is 22.1 Å². The number of esters is 1. The maximum absolute atomic E-state index is 13.3. The summed E-state index contributed by atoms with van der Waals surface area (Å²) in [4.78, 5) is 52.4. The zero-order chi connectivity index (χ0) is 26.5. The molecule has 1 aliphatic rings. The topological polar surface area (TPSA) is 105 Å². The summed E-state index contributed by atoms with van der Waals surface area (Å²) >= 11 is 6.27. The van der Waals surface area contributed by atoms with Gasteiger partial charge in [0.05, 0.1) is 17.9 Å². The van der Waals surface area contributed by atoms with E-state index in [9.17, 15) is 19.2 Å². The second kappa shape index (κ2) is 11.1. The zero-order valence-electron chi connectivity index (χ0n) is 20.2. The quantitative estimate of drug-likeness (QED) is 0.312. The van der Waals surface area contributed by atoms with E-state index in [0.717, 1.165) is 10.5 Å². The lowest BCUT2D eigenvalue weighted by molar-refractivity contribution is -0.120. The first-order valence-electron chi connectivity index (χ1n) is 11.6. The molecule has 188 valence electrons. The number of para-hydroxylation sites is 2. The second-order valence-electron chi connectivity index (χ2n) is 8.26. The monoisotopic (exact) mass is 517 g/mol. The number of hydrogen-bond acceptors (Lipinski definition) is 6. The van der Waals surface area contributed by atoms with Gasteiger partial charge in [-0.15, -0.1) is 0 Å². The molecule has 8 nitrogen and oxygen atoms in total. The van der Waals surface area contributed by atoms with Crippen LogP contribution in [0.1, 0.15) is 39.6 Å². The highest BCUT2D eigenvalue weighted by molar-refractivity contribution is 6.53. The number of amides is 3. The highest BCUT2D eigenvalue weighted by atomic mass is 35.5. The fourth-order valence-corrected chi connectivity index (χ4v) is 3.95. The number of nitrogens with zero attached hydrogens (tertiary/aromatic N) is 1. The van der Waals surface area contributed by atoms with E-state index in [1.165, 1.54) is 12.1 Å². The van der Waals surface area contributed by atoms with Crippen molar-refractivity contribution in [2.24, 2.45) is 0 Å². The highest BCUT2D eigenvalue weighted by Gasteiger charge is 2.40. The number of rotatable bonds is 8. The number of carbonyl (C=O) groups excluding carboxylic acids is 4. The third-order valence-corrected chi connectivity index (χ3v) is 5.97. The van der Waals surface area contributed by atoms with Crippen molar-refractivity contribution in [3.63, 3.8) is 0 Å². The molecule has 0 unspecified atom stereocenters. The number of hydrogen-bond donors (Lipinski definition) is 2. The van der Waals surface area contributed by atoms with Crippen LogP contribution in [0.2, 0.25) is 0 Å². The Hall–Kier alpha value is -4.43. The van der Waals surface area contributed by atoms with Gasteiger partial charge in [0, 0.05) is 16.9 Å². The lowest BCUT2D eigenvalue weighted by atomic mass is 10.1. The van der Waals surface area contributed by atoms with Gasteiger partial charge in [0.25, 0.3) is 17.7 Å². The van der Waals surface area contributed by atoms with Crippen LogP contribution >= 0.6 is 11.6 Å². The molecule has 1 aliphatic heterocycles. The zero-order valence-corrected chi connectivity index (χ0v) is 21.0. The number of imide groups is 1. The fourth-order valence-electron chi connectivity index (χ4n) is 3.73. The summed E-state index contributed by atoms with van der Waals surface area (Å²) in [6, 6.07) is 20.0. The van der Waals surface area contributed by atoms with Gasteiger partial charge in [0.1, 0.15) is 10.7 Å². The summed E-state index contributed by atoms with van der Waals surface area (Å²) in [5.41, 5.74) is 2.28. The Labute approximate surface area is 218 Å². The Kier molecular flexibility index (Phi) is 7.69. The van der Waals surface area contributed by atoms with Crippen molar-refractivity contribution in [1.29, 1.82) is 0 Å². The Bertz CT molecular complexity index is 1430. The molecule has 0 bridgehead atoms. The molecule has 1 heterocycles. The fraction of sp³-hybridized carbons (Fsp3) is 0.143. The standard InChI is InChI=1S/C28H24ClN3O5/c1-3-15-37-28(36)20-12-5-7-14-22(20)32-26(34)23(29)24(27(32)35)30-19-11-8-10-18(16-19)25(33)31-21-13-6-4-9-17(21)2/h4-14,16,30H,3,15H2,1-2H3,(H,31,33). The molecule has 0 saturated heterocycles. The number of ether oxygens (including phenoxy) is 1. The number of halogens is 1. The van der Waals surface area contributed by atoms with Gasteiger partial charge in [-0.3, -0.25) is 14.4 Å². The molecule has 4 rings (SSSR count). The predicted octanol–water partition coefficient (Wildman–Crippen LogP) is 5.25. The van der Waals surface area contributed by atoms with Crippen LogP contribution in [0.3, 0.4) is 0 Å². The molecule has 0 aliphatic carbocycles. The Morgan fingerprint density at radius 1 is 0.946 bits per heavy atom. The van der Waals surface area contributed by atoms with Gasteiger partial charge in [-0.1, -0.05) is 54.9 Å². The minimum absolute atomic E-state index is 0.0678. The number of benzene rings is 3. The maximum atomic E-state index is 13.3. The van der Waals surface area contributed by atoms with Crippen LogP contribution in [0.4, 0.5) is 17.1 Å². The second-order valence-corrected chi connectivity index (χ2v) is 8.64. The average Bonchev–Trinajstić information content (AvgIpc) is 3.11. The third kappa shape index (κ3) is 5.39. The van der Waals surface area contributed by atoms with Gasteiger partial charge in [0.15, 0.2) is 0 Å².